The van der Waals surface area contributed by atoms with Crippen LogP contribution in [0.25, 0.3) is 11.0 Å². The molecule has 0 spiro atoms. The first-order valence-electron chi connectivity index (χ1n) is 6.63. The Morgan fingerprint density at radius 3 is 2.62 bits per heavy atom. The molecule has 2 rings (SSSR count). The van der Waals surface area contributed by atoms with Gasteiger partial charge in [-0.3, -0.25) is 0 Å². The Morgan fingerprint density at radius 2 is 2.00 bits per heavy atom. The van der Waals surface area contributed by atoms with Gasteiger partial charge in [-0.2, -0.15) is 5.26 Å². The first-order chi connectivity index (χ1) is 9.81. The Morgan fingerprint density at radius 1 is 1.33 bits per heavy atom. The van der Waals surface area contributed by atoms with Crippen molar-refractivity contribution in [1.82, 2.24) is 0 Å². The highest BCUT2D eigenvalue weighted by Crippen LogP contribution is 2.33. The summed E-state index contributed by atoms with van der Waals surface area (Å²) < 4.78 is 16.3. The second kappa shape index (κ2) is 5.49. The van der Waals surface area contributed by atoms with Crippen molar-refractivity contribution < 1.29 is 18.7 Å². The van der Waals surface area contributed by atoms with Crippen LogP contribution in [0.15, 0.2) is 28.7 Å². The summed E-state index contributed by atoms with van der Waals surface area (Å²) >= 11 is 0. The Kier molecular flexibility index (Phi) is 3.90. The van der Waals surface area contributed by atoms with Gasteiger partial charge in [0.1, 0.15) is 17.3 Å². The molecule has 1 atom stereocenters. The second-order valence-electron chi connectivity index (χ2n) is 5.66. The Balaban J connectivity index is 2.27. The average molecular weight is 287 g/mol. The normalized spacial score (nSPS) is 12.7. The Hall–Kier alpha value is -2.48. The maximum absolute atomic E-state index is 12.0. The number of furan rings is 1. The predicted octanol–water partition coefficient (Wildman–Crippen LogP) is 3.41. The molecule has 0 aliphatic carbocycles. The van der Waals surface area contributed by atoms with Crippen molar-refractivity contribution in [2.45, 2.75) is 39.4 Å². The van der Waals surface area contributed by atoms with Crippen LogP contribution < -0.4 is 4.74 Å². The lowest BCUT2D eigenvalue weighted by atomic mass is 10.2. The van der Waals surface area contributed by atoms with Gasteiger partial charge in [0.2, 0.25) is 5.76 Å². The lowest BCUT2D eigenvalue weighted by Gasteiger charge is -2.22. The minimum Gasteiger partial charge on any atom is -0.474 e. The monoisotopic (exact) mass is 287 g/mol. The summed E-state index contributed by atoms with van der Waals surface area (Å²) in [7, 11) is 0. The van der Waals surface area contributed by atoms with E-state index in [1.54, 1.807) is 45.9 Å². The van der Waals surface area contributed by atoms with Crippen molar-refractivity contribution in [3.05, 3.63) is 30.0 Å². The molecule has 1 heterocycles. The van der Waals surface area contributed by atoms with Gasteiger partial charge in [0, 0.05) is 0 Å². The third-order valence-corrected chi connectivity index (χ3v) is 2.68. The molecule has 0 bridgehead atoms. The zero-order chi connectivity index (χ0) is 15.6. The van der Waals surface area contributed by atoms with E-state index in [1.165, 1.54) is 0 Å². The minimum absolute atomic E-state index is 0.0478. The highest BCUT2D eigenvalue weighted by Gasteiger charge is 2.26. The van der Waals surface area contributed by atoms with Crippen LogP contribution in [-0.4, -0.2) is 17.7 Å². The molecule has 0 N–H and O–H groups in total. The molecule has 5 heteroatoms. The van der Waals surface area contributed by atoms with Gasteiger partial charge in [-0.15, -0.1) is 0 Å². The smallest absolute Gasteiger partial charge is 0.347 e. The molecule has 0 fully saturated rings. The van der Waals surface area contributed by atoms with Gasteiger partial charge in [0.25, 0.3) is 0 Å². The van der Waals surface area contributed by atoms with Crippen molar-refractivity contribution in [1.29, 1.82) is 5.26 Å². The minimum atomic E-state index is -0.836. The van der Waals surface area contributed by atoms with E-state index in [4.69, 9.17) is 19.2 Å². The van der Waals surface area contributed by atoms with Crippen molar-refractivity contribution in [3.63, 3.8) is 0 Å². The molecule has 0 aliphatic rings. The third-order valence-electron chi connectivity index (χ3n) is 2.68. The molecule has 5 nitrogen and oxygen atoms in total. The molecule has 1 unspecified atom stereocenters. The van der Waals surface area contributed by atoms with Crippen molar-refractivity contribution >= 4 is 16.9 Å². The molecule has 2 aromatic rings. The molecule has 1 aromatic carbocycles. The van der Waals surface area contributed by atoms with E-state index in [2.05, 4.69) is 0 Å². The summed E-state index contributed by atoms with van der Waals surface area (Å²) in [5.74, 6) is -0.172. The van der Waals surface area contributed by atoms with Gasteiger partial charge >= 0.3 is 5.97 Å². The highest BCUT2D eigenvalue weighted by molar-refractivity contribution is 5.87. The number of carbonyl (C=O) groups excluding carboxylic acids is 1. The maximum Gasteiger partial charge on any atom is 0.347 e. The Labute approximate surface area is 123 Å². The summed E-state index contributed by atoms with van der Waals surface area (Å²) in [6.45, 7) is 6.93. The SMILES string of the molecule is CC(Oc1c(C#N)oc2ccccc12)C(=O)OC(C)(C)C. The first kappa shape index (κ1) is 14.9. The number of benzene rings is 1. The second-order valence-corrected chi connectivity index (χ2v) is 5.66. The van der Waals surface area contributed by atoms with E-state index in [0.717, 1.165) is 0 Å². The molecule has 0 amide bonds. The van der Waals surface area contributed by atoms with E-state index >= 15 is 0 Å². The summed E-state index contributed by atoms with van der Waals surface area (Å²) in [4.78, 5) is 12.0. The average Bonchev–Trinajstić information content (AvgIpc) is 2.75. The fourth-order valence-electron chi connectivity index (χ4n) is 1.82. The van der Waals surface area contributed by atoms with E-state index < -0.39 is 17.7 Å². The van der Waals surface area contributed by atoms with E-state index in [-0.39, 0.29) is 11.5 Å². The van der Waals surface area contributed by atoms with Crippen LogP contribution in [0.4, 0.5) is 0 Å². The molecule has 1 aromatic heterocycles. The van der Waals surface area contributed by atoms with E-state index in [9.17, 15) is 4.79 Å². The van der Waals surface area contributed by atoms with Crippen LogP contribution >= 0.6 is 0 Å². The number of ether oxygens (including phenoxy) is 2. The molecule has 0 saturated heterocycles. The van der Waals surface area contributed by atoms with Gasteiger partial charge in [0.05, 0.1) is 5.39 Å². The van der Waals surface area contributed by atoms with Crippen molar-refractivity contribution in [3.8, 4) is 11.8 Å². The lowest BCUT2D eigenvalue weighted by Crippen LogP contribution is -2.33. The fraction of sp³-hybridized carbons (Fsp3) is 0.375. The topological polar surface area (TPSA) is 72.5 Å². The maximum atomic E-state index is 12.0. The number of carbonyl (C=O) groups is 1. The number of esters is 1. The number of fused-ring (bicyclic) bond motifs is 1. The summed E-state index contributed by atoms with van der Waals surface area (Å²) in [6, 6.07) is 9.05. The van der Waals surface area contributed by atoms with Gasteiger partial charge in [-0.25, -0.2) is 4.79 Å². The standard InChI is InChI=1S/C16H17NO4/c1-10(15(18)21-16(2,3)4)19-14-11-7-5-6-8-12(11)20-13(14)9-17/h5-8,10H,1-4H3. The summed E-state index contributed by atoms with van der Waals surface area (Å²) in [5, 5.41) is 9.77. The van der Waals surface area contributed by atoms with Gasteiger partial charge < -0.3 is 13.9 Å². The molecular formula is C16H17NO4. The van der Waals surface area contributed by atoms with Crippen molar-refractivity contribution in [2.75, 3.05) is 0 Å². The number of hydrogen-bond donors (Lipinski definition) is 0. The largest absolute Gasteiger partial charge is 0.474 e. The third kappa shape index (κ3) is 3.34. The highest BCUT2D eigenvalue weighted by atomic mass is 16.6. The lowest BCUT2D eigenvalue weighted by molar-refractivity contribution is -0.162. The number of nitriles is 1. The number of hydrogen-bond acceptors (Lipinski definition) is 5. The van der Waals surface area contributed by atoms with Gasteiger partial charge in [-0.1, -0.05) is 12.1 Å². The molecule has 0 saturated carbocycles. The van der Waals surface area contributed by atoms with Crippen LogP contribution in [-0.2, 0) is 9.53 Å². The fourth-order valence-corrected chi connectivity index (χ4v) is 1.82. The molecule has 0 aliphatic heterocycles. The number of para-hydroxylation sites is 1. The molecule has 0 radical (unpaired) electrons. The van der Waals surface area contributed by atoms with E-state index in [1.807, 2.05) is 12.1 Å². The van der Waals surface area contributed by atoms with Crippen LogP contribution in [0.2, 0.25) is 0 Å². The van der Waals surface area contributed by atoms with Gasteiger partial charge in [-0.05, 0) is 39.8 Å². The molecule has 110 valence electrons. The van der Waals surface area contributed by atoms with E-state index in [0.29, 0.717) is 11.0 Å². The zero-order valence-corrected chi connectivity index (χ0v) is 12.5. The predicted molar refractivity (Wildman–Crippen MR) is 76.9 cm³/mol. The summed E-state index contributed by atoms with van der Waals surface area (Å²) in [6.07, 6.45) is -0.836. The molecule has 21 heavy (non-hydrogen) atoms. The van der Waals surface area contributed by atoms with Crippen LogP contribution in [0.5, 0.6) is 5.75 Å². The number of rotatable bonds is 3. The summed E-state index contributed by atoms with van der Waals surface area (Å²) in [5.41, 5.74) is -0.0500. The van der Waals surface area contributed by atoms with Crippen LogP contribution in [0.3, 0.4) is 0 Å². The Bertz CT molecular complexity index is 703. The zero-order valence-electron chi connectivity index (χ0n) is 12.5. The van der Waals surface area contributed by atoms with Crippen LogP contribution in [0, 0.1) is 11.3 Å². The quantitative estimate of drug-likeness (QED) is 0.809. The van der Waals surface area contributed by atoms with Crippen LogP contribution in [0.1, 0.15) is 33.5 Å². The van der Waals surface area contributed by atoms with Crippen molar-refractivity contribution in [2.24, 2.45) is 0 Å². The van der Waals surface area contributed by atoms with Gasteiger partial charge in [0.15, 0.2) is 11.9 Å². The molecular weight excluding hydrogens is 270 g/mol. The number of nitrogens with zero attached hydrogens (tertiary/aromatic N) is 1. The first-order valence-corrected chi connectivity index (χ1v) is 6.63.